The summed E-state index contributed by atoms with van der Waals surface area (Å²) in [5.41, 5.74) is 5.69. The van der Waals surface area contributed by atoms with Crippen molar-refractivity contribution in [2.24, 2.45) is 0 Å². The molecule has 0 saturated carbocycles. The lowest BCUT2D eigenvalue weighted by Gasteiger charge is -2.21. The van der Waals surface area contributed by atoms with Gasteiger partial charge in [-0.3, -0.25) is 14.9 Å². The van der Waals surface area contributed by atoms with Gasteiger partial charge >= 0.3 is 0 Å². The van der Waals surface area contributed by atoms with Crippen LogP contribution in [0.4, 0.5) is 5.69 Å². The first-order chi connectivity index (χ1) is 16.7. The molecule has 1 atom stereocenters. The lowest BCUT2D eigenvalue weighted by molar-refractivity contribution is -0.134. The molecular weight excluding hydrogens is 462 g/mol. The van der Waals surface area contributed by atoms with Gasteiger partial charge in [0.2, 0.25) is 21.8 Å². The Balaban J connectivity index is 1.35. The third kappa shape index (κ3) is 4.47. The van der Waals surface area contributed by atoms with E-state index in [-0.39, 0.29) is 29.2 Å². The molecule has 180 valence electrons. The molecule has 5 rings (SSSR count). The van der Waals surface area contributed by atoms with E-state index in [1.165, 1.54) is 4.31 Å². The fourth-order valence-corrected chi connectivity index (χ4v) is 6.11. The van der Waals surface area contributed by atoms with Crippen molar-refractivity contribution in [3.8, 4) is 11.1 Å². The Morgan fingerprint density at radius 3 is 2.34 bits per heavy atom. The molecule has 1 fully saturated rings. The van der Waals surface area contributed by atoms with E-state index in [1.54, 1.807) is 12.1 Å². The summed E-state index contributed by atoms with van der Waals surface area (Å²) < 4.78 is 28.2. The number of sulfonamides is 1. The van der Waals surface area contributed by atoms with E-state index in [2.05, 4.69) is 11.4 Å². The van der Waals surface area contributed by atoms with Crippen LogP contribution in [0, 0.1) is 0 Å². The maximum atomic E-state index is 13.4. The third-order valence-electron chi connectivity index (χ3n) is 6.75. The molecule has 1 N–H and O–H groups in total. The first-order valence-electron chi connectivity index (χ1n) is 11.6. The van der Waals surface area contributed by atoms with Crippen LogP contribution in [-0.4, -0.2) is 38.6 Å². The smallest absolute Gasteiger partial charge is 0.243 e. The summed E-state index contributed by atoms with van der Waals surface area (Å²) in [7, 11) is 0.284. The van der Waals surface area contributed by atoms with Gasteiger partial charge in [-0.15, -0.1) is 0 Å². The molecule has 3 aromatic rings. The van der Waals surface area contributed by atoms with E-state index >= 15 is 0 Å². The van der Waals surface area contributed by atoms with Crippen LogP contribution in [0.25, 0.3) is 11.1 Å². The minimum atomic E-state index is -3.68. The summed E-state index contributed by atoms with van der Waals surface area (Å²) in [6.07, 6.45) is 0.776. The van der Waals surface area contributed by atoms with Crippen LogP contribution in [0.15, 0.2) is 71.6 Å². The van der Waals surface area contributed by atoms with Crippen LogP contribution in [0.2, 0.25) is 0 Å². The highest BCUT2D eigenvalue weighted by Crippen LogP contribution is 2.33. The molecule has 3 aromatic carbocycles. The van der Waals surface area contributed by atoms with E-state index in [0.717, 1.165) is 33.5 Å². The van der Waals surface area contributed by atoms with Gasteiger partial charge in [-0.05, 0) is 58.5 Å². The molecule has 35 heavy (non-hydrogen) atoms. The Bertz CT molecular complexity index is 1410. The summed E-state index contributed by atoms with van der Waals surface area (Å²) in [5.74, 6) is -0.928. The fraction of sp³-hybridized carbons (Fsp3) is 0.259. The van der Waals surface area contributed by atoms with Crippen molar-refractivity contribution in [3.63, 3.8) is 0 Å². The largest absolute Gasteiger partial charge is 0.378 e. The Kier molecular flexibility index (Phi) is 5.94. The first kappa shape index (κ1) is 23.3. The van der Waals surface area contributed by atoms with Gasteiger partial charge in [-0.25, -0.2) is 8.42 Å². The molecule has 7 nitrogen and oxygen atoms in total. The Morgan fingerprint density at radius 2 is 1.63 bits per heavy atom. The van der Waals surface area contributed by atoms with Crippen LogP contribution in [-0.2, 0) is 32.7 Å². The molecule has 1 saturated heterocycles. The minimum Gasteiger partial charge on any atom is -0.378 e. The lowest BCUT2D eigenvalue weighted by Crippen LogP contribution is -2.39. The van der Waals surface area contributed by atoms with Gasteiger partial charge in [-0.2, -0.15) is 4.31 Å². The number of benzene rings is 3. The molecule has 1 unspecified atom stereocenters. The number of imide groups is 1. The minimum absolute atomic E-state index is 0.249. The average Bonchev–Trinajstić information content (AvgIpc) is 3.29. The SMILES string of the molecule is CN(C)c1cccc(-c2ccc(S(=O)(=O)N3Cc4ccc(C5CCC(=O)NC5=O)cc4C3)cc2)c1. The lowest BCUT2D eigenvalue weighted by atomic mass is 9.89. The van der Waals surface area contributed by atoms with Crippen LogP contribution in [0.1, 0.15) is 35.4 Å². The quantitative estimate of drug-likeness (QED) is 0.553. The Labute approximate surface area is 205 Å². The summed E-state index contributed by atoms with van der Waals surface area (Å²) in [6.45, 7) is 0.547. The van der Waals surface area contributed by atoms with Crippen molar-refractivity contribution in [3.05, 3.63) is 83.4 Å². The van der Waals surface area contributed by atoms with Crippen LogP contribution >= 0.6 is 0 Å². The van der Waals surface area contributed by atoms with Crippen molar-refractivity contribution >= 4 is 27.5 Å². The summed E-state index contributed by atoms with van der Waals surface area (Å²) in [4.78, 5) is 26.0. The number of nitrogens with one attached hydrogen (secondary N) is 1. The van der Waals surface area contributed by atoms with Crippen molar-refractivity contribution in [2.75, 3.05) is 19.0 Å². The van der Waals surface area contributed by atoms with Crippen LogP contribution in [0.5, 0.6) is 0 Å². The van der Waals surface area contributed by atoms with Crippen molar-refractivity contribution in [1.82, 2.24) is 9.62 Å². The molecule has 2 amide bonds. The van der Waals surface area contributed by atoms with E-state index < -0.39 is 10.0 Å². The highest BCUT2D eigenvalue weighted by Gasteiger charge is 2.33. The highest BCUT2D eigenvalue weighted by molar-refractivity contribution is 7.89. The fourth-order valence-electron chi connectivity index (χ4n) is 4.71. The van der Waals surface area contributed by atoms with E-state index in [9.17, 15) is 18.0 Å². The highest BCUT2D eigenvalue weighted by atomic mass is 32.2. The zero-order valence-corrected chi connectivity index (χ0v) is 20.5. The maximum Gasteiger partial charge on any atom is 0.243 e. The van der Waals surface area contributed by atoms with Crippen molar-refractivity contribution < 1.29 is 18.0 Å². The van der Waals surface area contributed by atoms with E-state index in [4.69, 9.17) is 0 Å². The Morgan fingerprint density at radius 1 is 0.886 bits per heavy atom. The van der Waals surface area contributed by atoms with E-state index in [1.807, 2.05) is 67.5 Å². The second-order valence-electron chi connectivity index (χ2n) is 9.27. The van der Waals surface area contributed by atoms with Gasteiger partial charge < -0.3 is 4.90 Å². The number of anilines is 1. The van der Waals surface area contributed by atoms with Gasteiger partial charge in [0.15, 0.2) is 0 Å². The number of hydrogen-bond acceptors (Lipinski definition) is 5. The number of fused-ring (bicyclic) bond motifs is 1. The molecule has 0 bridgehead atoms. The topological polar surface area (TPSA) is 86.8 Å². The number of hydrogen-bond donors (Lipinski definition) is 1. The summed E-state index contributed by atoms with van der Waals surface area (Å²) >= 11 is 0. The molecule has 0 radical (unpaired) electrons. The molecule has 0 spiro atoms. The number of rotatable bonds is 5. The number of carbonyl (C=O) groups excluding carboxylic acids is 2. The van der Waals surface area contributed by atoms with Gasteiger partial charge in [0.05, 0.1) is 10.8 Å². The number of amides is 2. The second kappa shape index (κ2) is 8.94. The number of nitrogens with zero attached hydrogens (tertiary/aromatic N) is 2. The van der Waals surface area contributed by atoms with Crippen molar-refractivity contribution in [1.29, 1.82) is 0 Å². The molecule has 2 heterocycles. The van der Waals surface area contributed by atoms with Gasteiger partial charge in [0.1, 0.15) is 0 Å². The van der Waals surface area contributed by atoms with Gasteiger partial charge in [0.25, 0.3) is 0 Å². The zero-order chi connectivity index (χ0) is 24.7. The monoisotopic (exact) mass is 489 g/mol. The molecule has 2 aliphatic rings. The molecule has 0 aromatic heterocycles. The average molecular weight is 490 g/mol. The van der Waals surface area contributed by atoms with Gasteiger partial charge in [-0.1, -0.05) is 42.5 Å². The van der Waals surface area contributed by atoms with Gasteiger partial charge in [0, 0.05) is 39.3 Å². The number of carbonyl (C=O) groups is 2. The predicted octanol–water partition coefficient (Wildman–Crippen LogP) is 3.64. The maximum absolute atomic E-state index is 13.4. The zero-order valence-electron chi connectivity index (χ0n) is 19.7. The standard InChI is InChI=1S/C27H27N3O4S/c1-29(2)23-5-3-4-19(15-23)18-8-10-24(11-9-18)35(33,34)30-16-21-7-6-20(14-22(21)17-30)25-12-13-26(31)28-27(25)32/h3-11,14-15,25H,12-13,16-17H2,1-2H3,(H,28,31,32). The van der Waals surface area contributed by atoms with Crippen LogP contribution < -0.4 is 10.2 Å². The predicted molar refractivity (Wildman–Crippen MR) is 134 cm³/mol. The normalized spacial score (nSPS) is 18.3. The number of piperidine rings is 1. The summed E-state index contributed by atoms with van der Waals surface area (Å²) in [6, 6.07) is 20.8. The molecule has 0 aliphatic carbocycles. The molecule has 8 heteroatoms. The Hall–Kier alpha value is -3.49. The van der Waals surface area contributed by atoms with Crippen LogP contribution in [0.3, 0.4) is 0 Å². The summed E-state index contributed by atoms with van der Waals surface area (Å²) in [5, 5.41) is 2.39. The van der Waals surface area contributed by atoms with E-state index in [0.29, 0.717) is 19.4 Å². The van der Waals surface area contributed by atoms with Crippen molar-refractivity contribution in [2.45, 2.75) is 36.7 Å². The molecule has 2 aliphatic heterocycles. The first-order valence-corrected chi connectivity index (χ1v) is 13.0. The third-order valence-corrected chi connectivity index (χ3v) is 8.56. The second-order valence-corrected chi connectivity index (χ2v) is 11.2. The molecular formula is C27H27N3O4S.